The fourth-order valence-corrected chi connectivity index (χ4v) is 4.35. The van der Waals surface area contributed by atoms with Crippen LogP contribution in [0, 0.1) is 0 Å². The van der Waals surface area contributed by atoms with Crippen molar-refractivity contribution >= 4 is 36.4 Å². The summed E-state index contributed by atoms with van der Waals surface area (Å²) in [6, 6.07) is 0. The third-order valence-electron chi connectivity index (χ3n) is 5.16. The minimum Gasteiger partial charge on any atom is -0.382 e. The van der Waals surface area contributed by atoms with Crippen molar-refractivity contribution in [3.8, 4) is 0 Å². The van der Waals surface area contributed by atoms with Crippen LogP contribution < -0.4 is 5.73 Å². The Kier molecular flexibility index (Phi) is 10.8. The normalized spacial score (nSPS) is 11.6. The van der Waals surface area contributed by atoms with Gasteiger partial charge in [-0.15, -0.1) is 0 Å². The summed E-state index contributed by atoms with van der Waals surface area (Å²) in [4.78, 5) is 39.9. The first-order valence-electron chi connectivity index (χ1n) is 11.2. The summed E-state index contributed by atoms with van der Waals surface area (Å²) in [6.07, 6.45) is 2.47. The van der Waals surface area contributed by atoms with Crippen LogP contribution in [0.25, 0.3) is 11.2 Å². The predicted molar refractivity (Wildman–Crippen MR) is 126 cm³/mol. The lowest BCUT2D eigenvalue weighted by molar-refractivity contribution is -0.134. The molecule has 2 heterocycles. The van der Waals surface area contributed by atoms with Gasteiger partial charge in [-0.1, -0.05) is 0 Å². The average Bonchev–Trinajstić information content (AvgIpc) is 3.25. The molecule has 0 atom stereocenters. The van der Waals surface area contributed by atoms with Gasteiger partial charge in [0.2, 0.25) is 11.8 Å². The third kappa shape index (κ3) is 7.45. The van der Waals surface area contributed by atoms with Crippen molar-refractivity contribution in [3.05, 3.63) is 12.7 Å². The maximum Gasteiger partial charge on any atom is 0.357 e. The Balaban J connectivity index is 1.99. The molecular formula is C20H34N7O6P. The fraction of sp³-hybridized carbons (Fsp3) is 0.650. The van der Waals surface area contributed by atoms with Crippen molar-refractivity contribution in [1.82, 2.24) is 29.3 Å². The quantitative estimate of drug-likeness (QED) is 0.280. The van der Waals surface area contributed by atoms with E-state index in [1.807, 2.05) is 27.7 Å². The molecule has 0 bridgehead atoms. The van der Waals surface area contributed by atoms with E-state index in [0.717, 1.165) is 0 Å². The number of nitrogens with zero attached hydrogens (tertiary/aromatic N) is 6. The largest absolute Gasteiger partial charge is 0.382 e. The molecule has 0 aliphatic rings. The highest BCUT2D eigenvalue weighted by Gasteiger charge is 2.29. The van der Waals surface area contributed by atoms with E-state index >= 15 is 0 Å². The lowest BCUT2D eigenvalue weighted by Gasteiger charge is -2.23. The van der Waals surface area contributed by atoms with Crippen LogP contribution in [0.1, 0.15) is 27.7 Å². The minimum absolute atomic E-state index is 0.125. The zero-order valence-corrected chi connectivity index (χ0v) is 21.1. The highest BCUT2D eigenvalue weighted by molar-refractivity contribution is 7.53. The highest BCUT2D eigenvalue weighted by Crippen LogP contribution is 2.48. The molecular weight excluding hydrogens is 465 g/mol. The maximum absolute atomic E-state index is 13.3. The number of amides is 2. The summed E-state index contributed by atoms with van der Waals surface area (Å²) >= 11 is 0. The van der Waals surface area contributed by atoms with Gasteiger partial charge < -0.3 is 24.8 Å². The number of nitrogens with two attached hydrogens (primary N) is 1. The van der Waals surface area contributed by atoms with Crippen molar-refractivity contribution in [2.75, 3.05) is 58.1 Å². The number of hydrogen-bond donors (Lipinski definition) is 1. The van der Waals surface area contributed by atoms with Gasteiger partial charge in [-0.2, -0.15) is 0 Å². The van der Waals surface area contributed by atoms with Crippen molar-refractivity contribution in [1.29, 1.82) is 0 Å². The number of hydrogen-bond acceptors (Lipinski definition) is 10. The number of fused-ring (bicyclic) bond motifs is 1. The molecule has 190 valence electrons. The molecule has 34 heavy (non-hydrogen) atoms. The number of rotatable bonds is 15. The second-order valence-electron chi connectivity index (χ2n) is 7.20. The summed E-state index contributed by atoms with van der Waals surface area (Å²) in [7, 11) is -3.90. The zero-order chi connectivity index (χ0) is 25.1. The van der Waals surface area contributed by atoms with Crippen molar-refractivity contribution in [2.45, 2.75) is 34.2 Å². The van der Waals surface area contributed by atoms with Crippen molar-refractivity contribution in [2.24, 2.45) is 0 Å². The molecule has 0 aromatic carbocycles. The molecule has 2 N–H and O–H groups in total. The van der Waals surface area contributed by atoms with Gasteiger partial charge in [0.15, 0.2) is 11.5 Å². The van der Waals surface area contributed by atoms with E-state index in [0.29, 0.717) is 43.9 Å². The molecule has 0 fully saturated rings. The van der Waals surface area contributed by atoms with E-state index in [4.69, 9.17) is 19.5 Å². The summed E-state index contributed by atoms with van der Waals surface area (Å²) in [5.41, 5.74) is 6.81. The lowest BCUT2D eigenvalue weighted by Crippen LogP contribution is -2.34. The number of aromatic nitrogens is 4. The van der Waals surface area contributed by atoms with E-state index < -0.39 is 27.2 Å². The fourth-order valence-electron chi connectivity index (χ4n) is 3.16. The van der Waals surface area contributed by atoms with Crippen LogP contribution >= 0.6 is 7.60 Å². The topological polar surface area (TPSA) is 155 Å². The summed E-state index contributed by atoms with van der Waals surface area (Å²) < 4.78 is 31.3. The van der Waals surface area contributed by atoms with Crippen LogP contribution in [0.2, 0.25) is 0 Å². The van der Waals surface area contributed by atoms with Crippen LogP contribution in [-0.4, -0.2) is 93.5 Å². The smallest absolute Gasteiger partial charge is 0.357 e. The van der Waals surface area contributed by atoms with Gasteiger partial charge in [0.05, 0.1) is 12.9 Å². The van der Waals surface area contributed by atoms with E-state index in [2.05, 4.69) is 15.0 Å². The number of anilines is 1. The third-order valence-corrected chi connectivity index (χ3v) is 6.70. The molecule has 2 amide bonds. The molecule has 2 aromatic rings. The van der Waals surface area contributed by atoms with Crippen LogP contribution in [-0.2, 0) is 34.5 Å². The molecule has 0 saturated carbocycles. The van der Waals surface area contributed by atoms with Crippen LogP contribution in [0.3, 0.4) is 0 Å². The number of imidazole rings is 1. The first-order chi connectivity index (χ1) is 16.3. The number of ether oxygens (including phenoxy) is 1. The molecule has 0 saturated heterocycles. The summed E-state index contributed by atoms with van der Waals surface area (Å²) in [6.45, 7) is 8.90. The second kappa shape index (κ2) is 13.3. The Bertz CT molecular complexity index is 961. The van der Waals surface area contributed by atoms with Gasteiger partial charge in [-0.25, -0.2) is 15.0 Å². The van der Waals surface area contributed by atoms with Crippen molar-refractivity contribution < 1.29 is 27.9 Å². The number of likely N-dealkylation sites (N-methyl/N-ethyl adjacent to an activating group) is 2. The molecule has 0 radical (unpaired) electrons. The number of carbonyl (C=O) groups is 2. The Morgan fingerprint density at radius 1 is 0.971 bits per heavy atom. The van der Waals surface area contributed by atoms with Gasteiger partial charge >= 0.3 is 7.60 Å². The van der Waals surface area contributed by atoms with Crippen LogP contribution in [0.5, 0.6) is 0 Å². The number of carbonyl (C=O) groups excluding carboxylic acids is 2. The van der Waals surface area contributed by atoms with Gasteiger partial charge in [-0.05, 0) is 27.7 Å². The Morgan fingerprint density at radius 3 is 2.06 bits per heavy atom. The molecule has 0 spiro atoms. The second-order valence-corrected chi connectivity index (χ2v) is 9.19. The van der Waals surface area contributed by atoms with Gasteiger partial charge in [0, 0.05) is 32.7 Å². The van der Waals surface area contributed by atoms with E-state index in [1.54, 1.807) is 20.7 Å². The molecule has 2 aromatic heterocycles. The van der Waals surface area contributed by atoms with Gasteiger partial charge in [0.25, 0.3) is 0 Å². The Morgan fingerprint density at radius 2 is 1.53 bits per heavy atom. The number of nitrogen functional groups attached to an aromatic ring is 1. The molecule has 13 nitrogen and oxygen atoms in total. The Hall–Kier alpha value is -2.60. The molecule has 0 aliphatic heterocycles. The van der Waals surface area contributed by atoms with E-state index in [-0.39, 0.29) is 24.2 Å². The SMILES string of the molecule is CCN(CC)C(=O)COP(=O)(COCCn1cnc2c(N)ncnc21)OCC(=O)N(CC)CC. The van der Waals surface area contributed by atoms with Gasteiger partial charge in [-0.3, -0.25) is 23.2 Å². The monoisotopic (exact) mass is 499 g/mol. The molecule has 0 aliphatic carbocycles. The van der Waals surface area contributed by atoms with Crippen LogP contribution in [0.15, 0.2) is 12.7 Å². The van der Waals surface area contributed by atoms with Crippen molar-refractivity contribution in [3.63, 3.8) is 0 Å². The molecule has 0 unspecified atom stereocenters. The van der Waals surface area contributed by atoms with E-state index in [9.17, 15) is 14.2 Å². The Labute approximate surface area is 199 Å². The van der Waals surface area contributed by atoms with Gasteiger partial charge in [0.1, 0.15) is 31.4 Å². The first kappa shape index (κ1) is 27.6. The standard InChI is InChI=1S/C20H34N7O6P/c1-5-25(6-2)16(28)11-32-34(30,33-12-17(29)26(7-3)8-4)15-31-10-9-27-14-24-18-19(21)22-13-23-20(18)27/h13-14H,5-12,15H2,1-4H3,(H2,21,22,23). The average molecular weight is 500 g/mol. The summed E-state index contributed by atoms with van der Waals surface area (Å²) in [5, 5.41) is 0. The zero-order valence-electron chi connectivity index (χ0n) is 20.2. The molecule has 2 rings (SSSR count). The predicted octanol–water partition coefficient (Wildman–Crippen LogP) is 1.35. The lowest BCUT2D eigenvalue weighted by atomic mass is 10.5. The minimum atomic E-state index is -3.90. The highest BCUT2D eigenvalue weighted by atomic mass is 31.2. The van der Waals surface area contributed by atoms with E-state index in [1.165, 1.54) is 6.33 Å². The maximum atomic E-state index is 13.3. The first-order valence-corrected chi connectivity index (χ1v) is 12.9. The summed E-state index contributed by atoms with van der Waals surface area (Å²) in [5.74, 6) is -0.385. The van der Waals surface area contributed by atoms with Crippen LogP contribution in [0.4, 0.5) is 5.82 Å². The molecule has 14 heteroatoms.